The Bertz CT molecular complexity index is 256. The molecule has 1 atom stereocenters. The summed E-state index contributed by atoms with van der Waals surface area (Å²) in [6.45, 7) is 6.85. The molecule has 0 bridgehead atoms. The van der Waals surface area contributed by atoms with E-state index in [4.69, 9.17) is 4.74 Å². The molecule has 1 fully saturated rings. The van der Waals surface area contributed by atoms with Gasteiger partial charge < -0.3 is 9.47 Å². The summed E-state index contributed by atoms with van der Waals surface area (Å²) in [6.07, 6.45) is 0.287. The molecule has 1 aliphatic rings. The molecule has 7 heteroatoms. The number of ether oxygens (including phenoxy) is 2. The zero-order valence-corrected chi connectivity index (χ0v) is 30.0. The Kier molecular flexibility index (Phi) is 6.18. The molecule has 1 heterocycles. The molecular formula is C10H15O4Rf3-. The Morgan fingerprint density at radius 2 is 2.00 bits per heavy atom. The molecule has 0 amide bonds. The Labute approximate surface area is 83.6 Å². The Hall–Kier alpha value is -4.06. The maximum absolute atomic E-state index is 11.6. The Morgan fingerprint density at radius 3 is 2.35 bits per heavy atom. The minimum atomic E-state index is -0.742. The average Bonchev–Trinajstić information content (AvgIpc) is 2.52. The number of hydrogen-bond donors (Lipinski definition) is 0. The van der Waals surface area contributed by atoms with Gasteiger partial charge in [0.15, 0.2) is 6.10 Å². The van der Waals surface area contributed by atoms with Crippen LogP contribution in [-0.4, -0.2) is 18.0 Å². The zero-order chi connectivity index (χ0) is 10.8. The second-order valence-corrected chi connectivity index (χ2v) is 3.97. The molecule has 0 spiro atoms. The topological polar surface area (TPSA) is 52.6 Å². The van der Waals surface area contributed by atoms with Crippen LogP contribution in [0.5, 0.6) is 0 Å². The van der Waals surface area contributed by atoms with Crippen molar-refractivity contribution < 1.29 is 19.1 Å². The summed E-state index contributed by atoms with van der Waals surface area (Å²) < 4.78 is 9.61. The predicted molar refractivity (Wildman–Crippen MR) is 49.0 cm³/mol. The SMILES string of the molecule is CCC(C)(C)C(=O)OC1C[CH-]OC1=O.[Rf].[Rf].[Rf]. The van der Waals surface area contributed by atoms with E-state index in [-0.39, 0.29) is 5.97 Å². The molecular weight excluding hydrogens is 985 g/mol. The van der Waals surface area contributed by atoms with E-state index in [1.54, 1.807) is 13.8 Å². The summed E-state index contributed by atoms with van der Waals surface area (Å²) in [5.74, 6) is -0.831. The largest absolute Gasteiger partial charge is 0.634 e. The van der Waals surface area contributed by atoms with Crippen molar-refractivity contribution in [1.82, 2.24) is 0 Å². The molecule has 0 aromatic carbocycles. The van der Waals surface area contributed by atoms with Crippen LogP contribution in [-0.2, 0) is 19.1 Å². The van der Waals surface area contributed by atoms with Gasteiger partial charge in [0.25, 0.3) is 0 Å². The van der Waals surface area contributed by atoms with E-state index in [0.29, 0.717) is 12.8 Å². The van der Waals surface area contributed by atoms with Gasteiger partial charge in [-0.15, -0.1) is 0 Å². The first-order chi connectivity index (χ1) is 6.47. The second kappa shape index (κ2) is 5.62. The van der Waals surface area contributed by atoms with E-state index in [1.165, 1.54) is 6.61 Å². The summed E-state index contributed by atoms with van der Waals surface area (Å²) >= 11 is 0. The number of carbonyl (C=O) groups is 2. The molecule has 0 aromatic heterocycles. The van der Waals surface area contributed by atoms with Crippen molar-refractivity contribution in [3.05, 3.63) is 6.61 Å². The van der Waals surface area contributed by atoms with Crippen LogP contribution < -0.4 is 0 Å². The van der Waals surface area contributed by atoms with E-state index in [1.807, 2.05) is 6.92 Å². The van der Waals surface area contributed by atoms with Gasteiger partial charge in [0, 0.05) is 0 Å². The van der Waals surface area contributed by atoms with Crippen molar-refractivity contribution in [2.75, 3.05) is 0 Å². The molecule has 1 rings (SSSR count). The quantitative estimate of drug-likeness (QED) is 0.318. The normalized spacial score (nSPS) is 18.1. The molecule has 0 N–H and O–H groups in total. The van der Waals surface area contributed by atoms with Crippen molar-refractivity contribution >= 4 is 11.9 Å². The van der Waals surface area contributed by atoms with Crippen LogP contribution in [0.4, 0.5) is 0 Å². The van der Waals surface area contributed by atoms with Crippen LogP contribution in [0.15, 0.2) is 0 Å². The molecule has 0 saturated carbocycles. The summed E-state index contributed by atoms with van der Waals surface area (Å²) in [4.78, 5) is 22.5. The standard InChI is InChI=1S/C10H15O4.3Rf/c1-4-10(2,3)9(12)14-7-5-6-13-8(7)11;;;/h6-7H,4-5H2,1-3H3;;;/q-1;;;. The first kappa shape index (κ1) is 18.7. The van der Waals surface area contributed by atoms with Crippen LogP contribution in [0, 0.1) is 12.0 Å². The van der Waals surface area contributed by atoms with Crippen LogP contribution in [0.1, 0.15) is 33.6 Å². The fraction of sp³-hybridized carbons (Fsp3) is 0.700. The number of esters is 2. The first-order valence-electron chi connectivity index (χ1n) is 4.70. The van der Waals surface area contributed by atoms with Gasteiger partial charge in [-0.3, -0.25) is 9.59 Å². The second-order valence-electron chi connectivity index (χ2n) is 3.97. The number of carbonyl (C=O) groups excluding carboxylic acids is 2. The third-order valence-electron chi connectivity index (χ3n) is 2.46. The molecule has 1 unspecified atom stereocenters. The maximum atomic E-state index is 11.6. The predicted octanol–water partition coefficient (Wildman–Crippen LogP) is 1.44. The average molecular weight is 1000 g/mol. The van der Waals surface area contributed by atoms with Crippen molar-refractivity contribution in [1.29, 1.82) is 0 Å². The maximum Gasteiger partial charge on any atom is 0.313 e. The van der Waals surface area contributed by atoms with Gasteiger partial charge in [-0.25, -0.2) is 0 Å². The van der Waals surface area contributed by atoms with Gasteiger partial charge in [-0.2, -0.15) is 6.61 Å². The number of rotatable bonds is 3. The summed E-state index contributed by atoms with van der Waals surface area (Å²) in [5.41, 5.74) is -0.539. The zero-order valence-electron chi connectivity index (χ0n) is 10.8. The van der Waals surface area contributed by atoms with Crippen molar-refractivity contribution in [3.63, 3.8) is 0 Å². The molecule has 0 aliphatic carbocycles. The Balaban J connectivity index is -0.000000653. The third-order valence-corrected chi connectivity index (χ3v) is 2.46. The monoisotopic (exact) mass is 1000 g/mol. The van der Waals surface area contributed by atoms with Gasteiger partial charge >= 0.3 is 11.9 Å². The van der Waals surface area contributed by atoms with Crippen molar-refractivity contribution in [2.45, 2.75) is 39.7 Å². The fourth-order valence-corrected chi connectivity index (χ4v) is 0.919. The molecule has 86 valence electrons. The van der Waals surface area contributed by atoms with Gasteiger partial charge in [0.2, 0.25) is 0 Å². The Morgan fingerprint density at radius 1 is 1.47 bits per heavy atom. The van der Waals surface area contributed by atoms with Gasteiger partial charge in [-0.1, -0.05) is 13.3 Å². The molecule has 1 aliphatic heterocycles. The first-order valence-corrected chi connectivity index (χ1v) is 4.70. The summed E-state index contributed by atoms with van der Waals surface area (Å²) in [7, 11) is 0. The molecule has 0 aromatic rings. The van der Waals surface area contributed by atoms with E-state index in [2.05, 4.69) is 4.74 Å². The van der Waals surface area contributed by atoms with Gasteiger partial charge in [0.05, 0.1) is 5.41 Å². The summed E-state index contributed by atoms with van der Waals surface area (Å²) in [6, 6.07) is 0. The van der Waals surface area contributed by atoms with Gasteiger partial charge in [0.1, 0.15) is 0 Å². The van der Waals surface area contributed by atoms with Crippen LogP contribution >= 0.6 is 0 Å². The van der Waals surface area contributed by atoms with Crippen molar-refractivity contribution in [2.24, 2.45) is 5.41 Å². The van der Waals surface area contributed by atoms with E-state index in [0.717, 1.165) is 0 Å². The van der Waals surface area contributed by atoms with Crippen LogP contribution in [0.25, 0.3) is 0 Å². The van der Waals surface area contributed by atoms with E-state index >= 15 is 0 Å². The minimum Gasteiger partial charge on any atom is -0.634 e. The molecule has 1 saturated heterocycles. The molecule has 0 radical (unpaired) electrons. The van der Waals surface area contributed by atoms with E-state index < -0.39 is 17.5 Å². The minimum absolute atomic E-state index is 0. The van der Waals surface area contributed by atoms with Crippen LogP contribution in [0.2, 0.25) is 0 Å². The third kappa shape index (κ3) is 3.29. The smallest absolute Gasteiger partial charge is 0.313 e. The van der Waals surface area contributed by atoms with Crippen LogP contribution in [0.3, 0.4) is 0 Å². The number of cyclic esters (lactones) is 1. The van der Waals surface area contributed by atoms with Crippen molar-refractivity contribution in [3.8, 4) is 0 Å². The summed E-state index contributed by atoms with van der Waals surface area (Å²) in [5, 5.41) is 0. The fourth-order valence-electron chi connectivity index (χ4n) is 0.919. The molecule has 4 nitrogen and oxygen atoms in total. The molecule has 17 heavy (non-hydrogen) atoms. The van der Waals surface area contributed by atoms with E-state index in [9.17, 15) is 9.59 Å². The van der Waals surface area contributed by atoms with Gasteiger partial charge in [-0.05, 0) is 20.3 Å². The number of hydrogen-bond acceptors (Lipinski definition) is 4.